The van der Waals surface area contributed by atoms with Crippen LogP contribution in [0.3, 0.4) is 0 Å². The lowest BCUT2D eigenvalue weighted by molar-refractivity contribution is 0.587. The zero-order chi connectivity index (χ0) is 58.8. The Kier molecular flexibility index (Phi) is 14.1. The van der Waals surface area contributed by atoms with E-state index in [1.165, 1.54) is 133 Å². The Bertz CT molecular complexity index is 4360. The van der Waals surface area contributed by atoms with E-state index in [9.17, 15) is 0 Å². The molecular weight excluding hydrogens is 1040 g/mol. The fraction of sp³-hybridized carbons (Fsp3) is 0.195. The third-order valence-electron chi connectivity index (χ3n) is 18.4. The lowest BCUT2D eigenvalue weighted by Gasteiger charge is -2.47. The van der Waals surface area contributed by atoms with Crippen molar-refractivity contribution in [1.82, 2.24) is 4.57 Å². The maximum atomic E-state index is 2.78. The molecule has 3 nitrogen and oxygen atoms in total. The highest BCUT2D eigenvalue weighted by Crippen LogP contribution is 2.54. The number of nitrogens with zero attached hydrogens (tertiary/aromatic N) is 3. The number of fused-ring (bicyclic) bond motifs is 7. The zero-order valence-corrected chi connectivity index (χ0v) is 51.3. The molecule has 1 aromatic heterocycles. The minimum absolute atomic E-state index is 0.0213. The van der Waals surface area contributed by atoms with Gasteiger partial charge < -0.3 is 14.4 Å². The summed E-state index contributed by atoms with van der Waals surface area (Å²) >= 11 is 0. The summed E-state index contributed by atoms with van der Waals surface area (Å²) < 4.78 is 2.51. The standard InChI is InChI=1S/C82H76BN3/c1-9-11-29-60-47-63(81(3,4)5)48-61(30-12-10-2)79(60)85-74-46-43-59(55-31-17-13-18-32-55)51-71(74)83-70-45-44-65(84-72-41-27-25-39-66(72)67-40-26-28-42-73(67)84)54-75(70)86(77-53-64(82(6,7)8)52-76(85)78(77)83)80-68(57-35-21-15-22-36-57)49-62(56-33-19-14-20-34-56)50-69(80)58-37-23-16-24-38-58/h13-28,31-54H,9-12,29-30H2,1-8H3. The Morgan fingerprint density at radius 3 is 1.30 bits per heavy atom. The number of para-hydroxylation sites is 2. The molecule has 0 N–H and O–H groups in total. The summed E-state index contributed by atoms with van der Waals surface area (Å²) in [4.78, 5) is 5.51. The van der Waals surface area contributed by atoms with Crippen LogP contribution < -0.4 is 26.2 Å². The summed E-state index contributed by atoms with van der Waals surface area (Å²) in [5.41, 5.74) is 29.7. The van der Waals surface area contributed by atoms with Crippen molar-refractivity contribution in [3.05, 3.63) is 265 Å². The van der Waals surface area contributed by atoms with Crippen molar-refractivity contribution < 1.29 is 0 Å². The van der Waals surface area contributed by atoms with Gasteiger partial charge in [-0.1, -0.05) is 256 Å². The first kappa shape index (κ1) is 54.8. The van der Waals surface area contributed by atoms with E-state index in [4.69, 9.17) is 0 Å². The largest absolute Gasteiger partial charge is 0.311 e. The minimum atomic E-state index is -0.227. The van der Waals surface area contributed by atoms with Crippen LogP contribution in [0.2, 0.25) is 0 Å². The third-order valence-corrected chi connectivity index (χ3v) is 18.4. The lowest BCUT2D eigenvalue weighted by atomic mass is 9.33. The topological polar surface area (TPSA) is 11.4 Å². The van der Waals surface area contributed by atoms with Crippen molar-refractivity contribution in [2.24, 2.45) is 0 Å². The van der Waals surface area contributed by atoms with Crippen molar-refractivity contribution in [2.45, 2.75) is 105 Å². The van der Waals surface area contributed by atoms with Gasteiger partial charge in [0.15, 0.2) is 0 Å². The molecule has 12 aromatic rings. The van der Waals surface area contributed by atoms with E-state index in [-0.39, 0.29) is 17.5 Å². The Morgan fingerprint density at radius 2 is 0.802 bits per heavy atom. The first-order valence-corrected chi connectivity index (χ1v) is 31.5. The maximum absolute atomic E-state index is 2.78. The molecule has 0 saturated heterocycles. The fourth-order valence-electron chi connectivity index (χ4n) is 14.0. The average molecular weight is 1110 g/mol. The van der Waals surface area contributed by atoms with Gasteiger partial charge in [0.1, 0.15) is 0 Å². The average Bonchev–Trinajstić information content (AvgIpc) is 0.980. The number of rotatable bonds is 13. The first-order chi connectivity index (χ1) is 41.9. The third kappa shape index (κ3) is 9.55. The molecule has 0 fully saturated rings. The van der Waals surface area contributed by atoms with Crippen LogP contribution in [0.15, 0.2) is 243 Å². The van der Waals surface area contributed by atoms with Gasteiger partial charge in [-0.25, -0.2) is 0 Å². The van der Waals surface area contributed by atoms with Gasteiger partial charge in [-0.05, 0) is 163 Å². The number of hydrogen-bond donors (Lipinski definition) is 0. The molecule has 4 heteroatoms. The molecule has 0 bridgehead atoms. The molecule has 2 aliphatic rings. The molecule has 0 spiro atoms. The zero-order valence-electron chi connectivity index (χ0n) is 51.3. The number of hydrogen-bond acceptors (Lipinski definition) is 2. The van der Waals surface area contributed by atoms with Gasteiger partial charge in [0.05, 0.1) is 22.4 Å². The van der Waals surface area contributed by atoms with E-state index in [0.29, 0.717) is 0 Å². The Hall–Kier alpha value is -9.12. The Labute approximate surface area is 510 Å². The van der Waals surface area contributed by atoms with Gasteiger partial charge in [0, 0.05) is 50.3 Å². The van der Waals surface area contributed by atoms with E-state index in [0.717, 1.165) is 49.9 Å². The molecule has 2 aliphatic heterocycles. The second kappa shape index (κ2) is 22.1. The number of anilines is 6. The summed E-state index contributed by atoms with van der Waals surface area (Å²) in [7, 11) is 0. The molecule has 0 saturated carbocycles. The fourth-order valence-corrected chi connectivity index (χ4v) is 14.0. The van der Waals surface area contributed by atoms with Crippen molar-refractivity contribution in [1.29, 1.82) is 0 Å². The molecule has 0 atom stereocenters. The van der Waals surface area contributed by atoms with Crippen LogP contribution in [0.25, 0.3) is 72.0 Å². The van der Waals surface area contributed by atoms with E-state index >= 15 is 0 Å². The normalized spacial score (nSPS) is 12.9. The van der Waals surface area contributed by atoms with Crippen LogP contribution in [-0.4, -0.2) is 11.3 Å². The smallest absolute Gasteiger partial charge is 0.252 e. The highest BCUT2D eigenvalue weighted by Gasteiger charge is 2.46. The van der Waals surface area contributed by atoms with Gasteiger partial charge in [0.25, 0.3) is 6.71 Å². The molecule has 3 heterocycles. The molecule has 0 amide bonds. The molecule has 14 rings (SSSR count). The molecule has 0 aliphatic carbocycles. The van der Waals surface area contributed by atoms with Gasteiger partial charge >= 0.3 is 0 Å². The Morgan fingerprint density at radius 1 is 0.349 bits per heavy atom. The molecule has 86 heavy (non-hydrogen) atoms. The van der Waals surface area contributed by atoms with Crippen LogP contribution in [0, 0.1) is 0 Å². The van der Waals surface area contributed by atoms with Crippen LogP contribution in [0.1, 0.15) is 103 Å². The van der Waals surface area contributed by atoms with Gasteiger partial charge in [-0.3, -0.25) is 0 Å². The summed E-state index contributed by atoms with van der Waals surface area (Å²) in [6.07, 6.45) is 6.48. The molecule has 0 unspecified atom stereocenters. The molecule has 0 radical (unpaired) electrons. The number of aromatic nitrogens is 1. The summed E-state index contributed by atoms with van der Waals surface area (Å²) in [6.45, 7) is 19.0. The van der Waals surface area contributed by atoms with Crippen molar-refractivity contribution >= 4 is 79.0 Å². The monoisotopic (exact) mass is 1110 g/mol. The van der Waals surface area contributed by atoms with Crippen molar-refractivity contribution in [3.63, 3.8) is 0 Å². The number of unbranched alkanes of at least 4 members (excludes halogenated alkanes) is 2. The van der Waals surface area contributed by atoms with Crippen molar-refractivity contribution in [2.75, 3.05) is 9.80 Å². The van der Waals surface area contributed by atoms with E-state index < -0.39 is 0 Å². The minimum Gasteiger partial charge on any atom is -0.311 e. The molecular formula is C82H76BN3. The van der Waals surface area contributed by atoms with Gasteiger partial charge in [-0.15, -0.1) is 0 Å². The van der Waals surface area contributed by atoms with E-state index in [1.54, 1.807) is 0 Å². The van der Waals surface area contributed by atoms with Crippen molar-refractivity contribution in [3.8, 4) is 50.2 Å². The predicted molar refractivity (Wildman–Crippen MR) is 371 cm³/mol. The van der Waals surface area contributed by atoms with Crippen LogP contribution in [-0.2, 0) is 23.7 Å². The molecule has 11 aromatic carbocycles. The summed E-state index contributed by atoms with van der Waals surface area (Å²) in [5.74, 6) is 0. The van der Waals surface area contributed by atoms with Crippen LogP contribution in [0.4, 0.5) is 34.1 Å². The number of benzene rings is 11. The molecule has 422 valence electrons. The lowest BCUT2D eigenvalue weighted by Crippen LogP contribution is -2.61. The van der Waals surface area contributed by atoms with E-state index in [2.05, 4.69) is 312 Å². The summed E-state index contributed by atoms with van der Waals surface area (Å²) in [6, 6.07) is 92.5. The second-order valence-electron chi connectivity index (χ2n) is 26.2. The highest BCUT2D eigenvalue weighted by atomic mass is 15.2. The Balaban J connectivity index is 1.17. The quantitative estimate of drug-likeness (QED) is 0.107. The highest BCUT2D eigenvalue weighted by molar-refractivity contribution is 7.00. The number of aryl methyl sites for hydroxylation is 2. The van der Waals surface area contributed by atoms with E-state index in [1.807, 2.05) is 0 Å². The SMILES string of the molecule is CCCCc1cc(C(C)(C)C)cc(CCCC)c1N1c2ccc(-c3ccccc3)cc2B2c3ccc(-n4c5ccccc5c5ccccc54)cc3N(c3c(-c4ccccc4)cc(-c4ccccc4)cc3-c3ccccc3)c3cc(C(C)(C)C)cc1c32. The first-order valence-electron chi connectivity index (χ1n) is 31.5. The predicted octanol–water partition coefficient (Wildman–Crippen LogP) is 20.8. The van der Waals surface area contributed by atoms with Crippen LogP contribution >= 0.6 is 0 Å². The summed E-state index contributed by atoms with van der Waals surface area (Å²) in [5, 5.41) is 2.50. The van der Waals surface area contributed by atoms with Gasteiger partial charge in [-0.2, -0.15) is 0 Å². The maximum Gasteiger partial charge on any atom is 0.252 e. The second-order valence-corrected chi connectivity index (χ2v) is 26.2. The van der Waals surface area contributed by atoms with Crippen LogP contribution in [0.5, 0.6) is 0 Å². The van der Waals surface area contributed by atoms with Gasteiger partial charge in [0.2, 0.25) is 0 Å².